The molecule has 0 atom stereocenters. The summed E-state index contributed by atoms with van der Waals surface area (Å²) in [5, 5.41) is 9.66. The number of nitrogens with zero attached hydrogens (tertiary/aromatic N) is 1. The Kier molecular flexibility index (Phi) is 4.10. The number of fused-ring (bicyclic) bond motifs is 1. The van der Waals surface area contributed by atoms with Crippen molar-refractivity contribution in [1.29, 1.82) is 0 Å². The highest BCUT2D eigenvalue weighted by Crippen LogP contribution is 2.24. The van der Waals surface area contributed by atoms with E-state index >= 15 is 0 Å². The molecule has 0 amide bonds. The molecule has 2 aromatic rings. The van der Waals surface area contributed by atoms with Crippen LogP contribution in [0.15, 0.2) is 28.7 Å². The van der Waals surface area contributed by atoms with Crippen molar-refractivity contribution in [2.45, 2.75) is 19.3 Å². The molecule has 0 spiro atoms. The highest BCUT2D eigenvalue weighted by molar-refractivity contribution is 5.91. The average molecular weight is 289 g/mol. The summed E-state index contributed by atoms with van der Waals surface area (Å²) in [6.07, 6.45) is 3.89. The highest BCUT2D eigenvalue weighted by Gasteiger charge is 2.12. The number of ether oxygens (including phenoxy) is 1. The fourth-order valence-electron chi connectivity index (χ4n) is 2.69. The second-order valence-corrected chi connectivity index (χ2v) is 5.37. The maximum absolute atomic E-state index is 10.9. The van der Waals surface area contributed by atoms with Crippen LogP contribution in [-0.2, 0) is 0 Å². The molecule has 3 rings (SSSR count). The molecule has 1 aromatic carbocycles. The zero-order valence-corrected chi connectivity index (χ0v) is 11.9. The Hall–Kier alpha value is -2.01. The summed E-state index contributed by atoms with van der Waals surface area (Å²) in [4.78, 5) is 13.3. The van der Waals surface area contributed by atoms with E-state index in [0.29, 0.717) is 12.2 Å². The van der Waals surface area contributed by atoms with E-state index < -0.39 is 5.97 Å². The van der Waals surface area contributed by atoms with Crippen molar-refractivity contribution in [1.82, 2.24) is 4.90 Å². The van der Waals surface area contributed by atoms with Crippen molar-refractivity contribution in [2.24, 2.45) is 0 Å². The van der Waals surface area contributed by atoms with E-state index in [2.05, 4.69) is 4.90 Å². The van der Waals surface area contributed by atoms with Crippen molar-refractivity contribution < 1.29 is 19.1 Å². The van der Waals surface area contributed by atoms with Gasteiger partial charge in [-0.3, -0.25) is 4.90 Å². The average Bonchev–Trinajstić information content (AvgIpc) is 2.92. The largest absolute Gasteiger partial charge is 0.492 e. The standard InChI is InChI=1S/C16H19NO4/c18-16(19)15-11-12-10-13(4-5-14(12)21-15)20-9-8-17-6-2-1-3-7-17/h4-5,10-11H,1-3,6-9H2,(H,18,19). The Morgan fingerprint density at radius 2 is 2.05 bits per heavy atom. The number of furan rings is 1. The Morgan fingerprint density at radius 3 is 2.81 bits per heavy atom. The topological polar surface area (TPSA) is 62.9 Å². The summed E-state index contributed by atoms with van der Waals surface area (Å²) >= 11 is 0. The number of aromatic carboxylic acids is 1. The van der Waals surface area contributed by atoms with Gasteiger partial charge in [-0.2, -0.15) is 0 Å². The first-order valence-electron chi connectivity index (χ1n) is 7.34. The lowest BCUT2D eigenvalue weighted by Crippen LogP contribution is -2.33. The molecule has 0 radical (unpaired) electrons. The summed E-state index contributed by atoms with van der Waals surface area (Å²) in [7, 11) is 0. The van der Waals surface area contributed by atoms with Gasteiger partial charge < -0.3 is 14.3 Å². The number of hydrogen-bond donors (Lipinski definition) is 1. The smallest absolute Gasteiger partial charge is 0.371 e. The van der Waals surface area contributed by atoms with Gasteiger partial charge in [-0.05, 0) is 50.2 Å². The van der Waals surface area contributed by atoms with E-state index in [1.165, 1.54) is 25.3 Å². The summed E-state index contributed by atoms with van der Waals surface area (Å²) in [5.74, 6) is -0.355. The van der Waals surface area contributed by atoms with Gasteiger partial charge in [0.05, 0.1) is 0 Å². The van der Waals surface area contributed by atoms with Crippen LogP contribution >= 0.6 is 0 Å². The van der Waals surface area contributed by atoms with Gasteiger partial charge in [0.15, 0.2) is 0 Å². The quantitative estimate of drug-likeness (QED) is 0.916. The van der Waals surface area contributed by atoms with Gasteiger partial charge in [0, 0.05) is 11.9 Å². The number of likely N-dealkylation sites (tertiary alicyclic amines) is 1. The van der Waals surface area contributed by atoms with Crippen LogP contribution in [0.5, 0.6) is 5.75 Å². The van der Waals surface area contributed by atoms with Crippen LogP contribution in [0, 0.1) is 0 Å². The monoisotopic (exact) mass is 289 g/mol. The van der Waals surface area contributed by atoms with Crippen LogP contribution in [0.4, 0.5) is 0 Å². The fraction of sp³-hybridized carbons (Fsp3) is 0.438. The first kappa shape index (κ1) is 13.9. The number of rotatable bonds is 5. The molecule has 1 aromatic heterocycles. The third-order valence-electron chi connectivity index (χ3n) is 3.82. The minimum absolute atomic E-state index is 0.0459. The number of carboxylic acid groups (broad SMARTS) is 1. The summed E-state index contributed by atoms with van der Waals surface area (Å²) in [6, 6.07) is 6.91. The van der Waals surface area contributed by atoms with Crippen LogP contribution < -0.4 is 4.74 Å². The van der Waals surface area contributed by atoms with Gasteiger partial charge in [-0.1, -0.05) is 6.42 Å². The molecule has 1 fully saturated rings. The normalized spacial score (nSPS) is 16.2. The molecule has 1 N–H and O–H groups in total. The van der Waals surface area contributed by atoms with E-state index in [1.807, 2.05) is 12.1 Å². The summed E-state index contributed by atoms with van der Waals surface area (Å²) in [6.45, 7) is 3.90. The Bertz CT molecular complexity index is 628. The molecule has 1 saturated heterocycles. The summed E-state index contributed by atoms with van der Waals surface area (Å²) in [5.41, 5.74) is 0.566. The first-order chi connectivity index (χ1) is 10.2. The summed E-state index contributed by atoms with van der Waals surface area (Å²) < 4.78 is 11.0. The van der Waals surface area contributed by atoms with E-state index in [1.54, 1.807) is 6.07 Å². The van der Waals surface area contributed by atoms with E-state index in [-0.39, 0.29) is 5.76 Å². The lowest BCUT2D eigenvalue weighted by atomic mass is 10.1. The molecule has 5 nitrogen and oxygen atoms in total. The Labute approximate surface area is 123 Å². The van der Waals surface area contributed by atoms with Crippen LogP contribution in [0.25, 0.3) is 11.0 Å². The molecule has 5 heteroatoms. The lowest BCUT2D eigenvalue weighted by Gasteiger charge is -2.26. The van der Waals surface area contributed by atoms with Gasteiger partial charge in [-0.15, -0.1) is 0 Å². The minimum Gasteiger partial charge on any atom is -0.492 e. The predicted molar refractivity (Wildman–Crippen MR) is 79.0 cm³/mol. The van der Waals surface area contributed by atoms with E-state index in [9.17, 15) is 4.79 Å². The third-order valence-corrected chi connectivity index (χ3v) is 3.82. The Morgan fingerprint density at radius 1 is 1.24 bits per heavy atom. The zero-order valence-electron chi connectivity index (χ0n) is 11.9. The molecular formula is C16H19NO4. The van der Waals surface area contributed by atoms with Crippen molar-refractivity contribution in [3.8, 4) is 5.75 Å². The third kappa shape index (κ3) is 3.36. The molecule has 0 unspecified atom stereocenters. The van der Waals surface area contributed by atoms with Crippen molar-refractivity contribution >= 4 is 16.9 Å². The highest BCUT2D eigenvalue weighted by atomic mass is 16.5. The number of hydrogen-bond acceptors (Lipinski definition) is 4. The van der Waals surface area contributed by atoms with Crippen LogP contribution in [0.2, 0.25) is 0 Å². The number of carbonyl (C=O) groups is 1. The second kappa shape index (κ2) is 6.18. The van der Waals surface area contributed by atoms with Crippen LogP contribution in [-0.4, -0.2) is 42.2 Å². The fourth-order valence-corrected chi connectivity index (χ4v) is 2.69. The predicted octanol–water partition coefficient (Wildman–Crippen LogP) is 3.00. The molecule has 0 saturated carbocycles. The lowest BCUT2D eigenvalue weighted by molar-refractivity contribution is 0.0665. The Balaban J connectivity index is 1.60. The molecule has 1 aliphatic rings. The van der Waals surface area contributed by atoms with Gasteiger partial charge >= 0.3 is 5.97 Å². The van der Waals surface area contributed by atoms with Crippen molar-refractivity contribution in [2.75, 3.05) is 26.2 Å². The molecule has 2 heterocycles. The molecule has 21 heavy (non-hydrogen) atoms. The van der Waals surface area contributed by atoms with Gasteiger partial charge in [0.25, 0.3) is 0 Å². The first-order valence-corrected chi connectivity index (χ1v) is 7.34. The second-order valence-electron chi connectivity index (χ2n) is 5.37. The number of piperidine rings is 1. The molecule has 1 aliphatic heterocycles. The van der Waals surface area contributed by atoms with E-state index in [0.717, 1.165) is 30.8 Å². The van der Waals surface area contributed by atoms with Gasteiger partial charge in [0.1, 0.15) is 17.9 Å². The number of carboxylic acids is 1. The van der Waals surface area contributed by atoms with Crippen molar-refractivity contribution in [3.63, 3.8) is 0 Å². The number of benzene rings is 1. The van der Waals surface area contributed by atoms with Crippen LogP contribution in [0.1, 0.15) is 29.8 Å². The van der Waals surface area contributed by atoms with E-state index in [4.69, 9.17) is 14.3 Å². The molecule has 0 aliphatic carbocycles. The SMILES string of the molecule is O=C(O)c1cc2cc(OCCN3CCCCC3)ccc2o1. The zero-order chi connectivity index (χ0) is 14.7. The van der Waals surface area contributed by atoms with Crippen molar-refractivity contribution in [3.05, 3.63) is 30.0 Å². The molecular weight excluding hydrogens is 270 g/mol. The minimum atomic E-state index is -1.06. The van der Waals surface area contributed by atoms with Crippen LogP contribution in [0.3, 0.4) is 0 Å². The van der Waals surface area contributed by atoms with Gasteiger partial charge in [-0.25, -0.2) is 4.79 Å². The molecule has 112 valence electrons. The van der Waals surface area contributed by atoms with Gasteiger partial charge in [0.2, 0.25) is 5.76 Å². The maximum Gasteiger partial charge on any atom is 0.371 e. The molecule has 0 bridgehead atoms. The maximum atomic E-state index is 10.9.